The Hall–Kier alpha value is -0.0900. The van der Waals surface area contributed by atoms with Gasteiger partial charge in [-0.25, -0.2) is 0 Å². The van der Waals surface area contributed by atoms with Crippen LogP contribution in [0.15, 0.2) is 12.1 Å². The van der Waals surface area contributed by atoms with E-state index >= 15 is 0 Å². The van der Waals surface area contributed by atoms with E-state index in [-0.39, 0.29) is 0 Å². The fourth-order valence-electron chi connectivity index (χ4n) is 2.41. The van der Waals surface area contributed by atoms with Crippen LogP contribution < -0.4 is 10.6 Å². The van der Waals surface area contributed by atoms with Crippen molar-refractivity contribution < 1.29 is 0 Å². The maximum absolute atomic E-state index is 5.91. The molecule has 1 aromatic heterocycles. The Morgan fingerprint density at radius 1 is 1.53 bits per heavy atom. The molecule has 4 heteroatoms. The number of hydrogen-bond donors (Lipinski definition) is 2. The molecule has 2 N–H and O–H groups in total. The molecular weight excluding hydrogens is 252 g/mol. The van der Waals surface area contributed by atoms with Crippen molar-refractivity contribution in [3.63, 3.8) is 0 Å². The summed E-state index contributed by atoms with van der Waals surface area (Å²) in [6.07, 6.45) is 2.61. The maximum atomic E-state index is 5.91. The molecule has 17 heavy (non-hydrogen) atoms. The van der Waals surface area contributed by atoms with E-state index in [1.807, 2.05) is 6.07 Å². The largest absolute Gasteiger partial charge is 0.312 e. The van der Waals surface area contributed by atoms with Gasteiger partial charge >= 0.3 is 0 Å². The van der Waals surface area contributed by atoms with E-state index in [4.69, 9.17) is 11.6 Å². The third kappa shape index (κ3) is 3.68. The summed E-state index contributed by atoms with van der Waals surface area (Å²) in [5, 5.41) is 7.15. The molecule has 1 unspecified atom stereocenters. The molecule has 0 aromatic carbocycles. The van der Waals surface area contributed by atoms with E-state index in [1.54, 1.807) is 11.3 Å². The highest BCUT2D eigenvalue weighted by Gasteiger charge is 2.31. The van der Waals surface area contributed by atoms with Gasteiger partial charge in [-0.1, -0.05) is 25.4 Å². The Balaban J connectivity index is 1.77. The summed E-state index contributed by atoms with van der Waals surface area (Å²) in [5.41, 5.74) is 0.401. The molecule has 0 spiro atoms. The highest BCUT2D eigenvalue weighted by molar-refractivity contribution is 7.16. The zero-order valence-corrected chi connectivity index (χ0v) is 12.1. The van der Waals surface area contributed by atoms with Crippen molar-refractivity contribution in [2.45, 2.75) is 39.3 Å². The van der Waals surface area contributed by atoms with Crippen LogP contribution in [0.1, 0.15) is 31.6 Å². The quantitative estimate of drug-likeness (QED) is 0.879. The van der Waals surface area contributed by atoms with Crippen LogP contribution in [-0.2, 0) is 6.54 Å². The van der Waals surface area contributed by atoms with Gasteiger partial charge in [0.05, 0.1) is 4.34 Å². The van der Waals surface area contributed by atoms with Crippen molar-refractivity contribution in [3.05, 3.63) is 21.3 Å². The average molecular weight is 273 g/mol. The second-order valence-electron chi connectivity index (χ2n) is 5.44. The summed E-state index contributed by atoms with van der Waals surface area (Å²) in [6, 6.07) is 4.64. The van der Waals surface area contributed by atoms with Crippen molar-refractivity contribution in [1.29, 1.82) is 0 Å². The molecule has 1 atom stereocenters. The number of hydrogen-bond acceptors (Lipinski definition) is 3. The Labute approximate surface area is 113 Å². The van der Waals surface area contributed by atoms with Gasteiger partial charge in [-0.3, -0.25) is 0 Å². The lowest BCUT2D eigenvalue weighted by Crippen LogP contribution is -2.51. The van der Waals surface area contributed by atoms with E-state index in [0.717, 1.165) is 24.0 Å². The van der Waals surface area contributed by atoms with Gasteiger partial charge in [0.2, 0.25) is 0 Å². The molecule has 2 rings (SSSR count). The van der Waals surface area contributed by atoms with Crippen molar-refractivity contribution in [1.82, 2.24) is 10.6 Å². The molecule has 0 amide bonds. The van der Waals surface area contributed by atoms with Crippen LogP contribution in [0.3, 0.4) is 0 Å². The lowest BCUT2D eigenvalue weighted by molar-refractivity contribution is 0.176. The van der Waals surface area contributed by atoms with E-state index < -0.39 is 0 Å². The molecule has 0 bridgehead atoms. The third-order valence-electron chi connectivity index (χ3n) is 3.61. The number of halogens is 1. The zero-order chi connectivity index (χ0) is 12.3. The number of nitrogens with one attached hydrogen (secondary N) is 2. The van der Waals surface area contributed by atoms with Crippen LogP contribution in [0.5, 0.6) is 0 Å². The normalized spacial score (nSPS) is 23.8. The van der Waals surface area contributed by atoms with E-state index in [2.05, 4.69) is 30.5 Å². The van der Waals surface area contributed by atoms with Crippen molar-refractivity contribution >= 4 is 22.9 Å². The first-order valence-corrected chi connectivity index (χ1v) is 7.46. The standard InChI is InChI=1S/C13H21ClN2S/c1-13(2)6-3-7-16-11(13)9-15-8-10-4-5-12(14)17-10/h4-5,11,15-16H,3,6-9H2,1-2H3. The Morgan fingerprint density at radius 3 is 3.00 bits per heavy atom. The lowest BCUT2D eigenvalue weighted by atomic mass is 9.77. The molecule has 1 aromatic rings. The summed E-state index contributed by atoms with van der Waals surface area (Å²) < 4.78 is 0.873. The van der Waals surface area contributed by atoms with Crippen LogP contribution in [-0.4, -0.2) is 19.1 Å². The van der Waals surface area contributed by atoms with Crippen molar-refractivity contribution in [2.75, 3.05) is 13.1 Å². The van der Waals surface area contributed by atoms with Crippen LogP contribution in [0.25, 0.3) is 0 Å². The van der Waals surface area contributed by atoms with Gasteiger partial charge in [0.1, 0.15) is 0 Å². The number of thiophene rings is 1. The second kappa shape index (κ2) is 5.70. The predicted molar refractivity (Wildman–Crippen MR) is 75.8 cm³/mol. The second-order valence-corrected chi connectivity index (χ2v) is 7.24. The minimum atomic E-state index is 0.401. The fraction of sp³-hybridized carbons (Fsp3) is 0.692. The molecule has 1 saturated heterocycles. The Morgan fingerprint density at radius 2 is 2.35 bits per heavy atom. The van der Waals surface area contributed by atoms with Crippen molar-refractivity contribution in [2.24, 2.45) is 5.41 Å². The molecule has 1 aliphatic heterocycles. The molecule has 2 nitrogen and oxygen atoms in total. The number of rotatable bonds is 4. The third-order valence-corrected chi connectivity index (χ3v) is 4.84. The van der Waals surface area contributed by atoms with Crippen LogP contribution in [0.2, 0.25) is 4.34 Å². The monoisotopic (exact) mass is 272 g/mol. The average Bonchev–Trinajstić information content (AvgIpc) is 2.67. The summed E-state index contributed by atoms with van der Waals surface area (Å²) >= 11 is 7.57. The lowest BCUT2D eigenvalue weighted by Gasteiger charge is -2.39. The van der Waals surface area contributed by atoms with Crippen molar-refractivity contribution in [3.8, 4) is 0 Å². The van der Waals surface area contributed by atoms with Gasteiger partial charge in [0, 0.05) is 24.0 Å². The molecule has 0 saturated carbocycles. The molecule has 0 radical (unpaired) electrons. The first-order chi connectivity index (χ1) is 8.08. The fourth-order valence-corrected chi connectivity index (χ4v) is 3.46. The zero-order valence-electron chi connectivity index (χ0n) is 10.6. The van der Waals surface area contributed by atoms with Crippen LogP contribution in [0, 0.1) is 5.41 Å². The minimum absolute atomic E-state index is 0.401. The van der Waals surface area contributed by atoms with Gasteiger partial charge in [0.25, 0.3) is 0 Å². The van der Waals surface area contributed by atoms with Gasteiger partial charge in [-0.15, -0.1) is 11.3 Å². The minimum Gasteiger partial charge on any atom is -0.312 e. The predicted octanol–water partition coefficient (Wildman–Crippen LogP) is 3.27. The highest BCUT2D eigenvalue weighted by Crippen LogP contribution is 2.29. The molecule has 96 valence electrons. The smallest absolute Gasteiger partial charge is 0.0931 e. The van der Waals surface area contributed by atoms with Gasteiger partial charge in [-0.05, 0) is 36.9 Å². The van der Waals surface area contributed by atoms with Gasteiger partial charge < -0.3 is 10.6 Å². The SMILES string of the molecule is CC1(C)CCCNC1CNCc1ccc(Cl)s1. The number of piperidine rings is 1. The summed E-state index contributed by atoms with van der Waals surface area (Å²) in [5.74, 6) is 0. The summed E-state index contributed by atoms with van der Waals surface area (Å²) in [4.78, 5) is 1.31. The maximum Gasteiger partial charge on any atom is 0.0931 e. The summed E-state index contributed by atoms with van der Waals surface area (Å²) in [6.45, 7) is 7.82. The summed E-state index contributed by atoms with van der Waals surface area (Å²) in [7, 11) is 0. The van der Waals surface area contributed by atoms with Gasteiger partial charge in [0.15, 0.2) is 0 Å². The Bertz CT molecular complexity index is 362. The van der Waals surface area contributed by atoms with E-state index in [0.29, 0.717) is 11.5 Å². The molecule has 1 aliphatic rings. The molecular formula is C13H21ClN2S. The highest BCUT2D eigenvalue weighted by atomic mass is 35.5. The molecule has 0 aliphatic carbocycles. The van der Waals surface area contributed by atoms with Gasteiger partial charge in [-0.2, -0.15) is 0 Å². The topological polar surface area (TPSA) is 24.1 Å². The van der Waals surface area contributed by atoms with Crippen LogP contribution in [0.4, 0.5) is 0 Å². The molecule has 2 heterocycles. The first-order valence-electron chi connectivity index (χ1n) is 6.26. The van der Waals surface area contributed by atoms with E-state index in [1.165, 1.54) is 17.7 Å². The van der Waals surface area contributed by atoms with E-state index in [9.17, 15) is 0 Å². The molecule has 1 fully saturated rings. The first kappa shape index (κ1) is 13.3. The Kier molecular flexibility index (Phi) is 4.47. The van der Waals surface area contributed by atoms with Crippen LogP contribution >= 0.6 is 22.9 Å².